The highest BCUT2D eigenvalue weighted by molar-refractivity contribution is 8.04. The minimum Gasteiger partial charge on any atom is -0.461 e. The van der Waals surface area contributed by atoms with Crippen molar-refractivity contribution >= 4 is 29.5 Å². The lowest BCUT2D eigenvalue weighted by atomic mass is 10.1. The van der Waals surface area contributed by atoms with Gasteiger partial charge in [-0.25, -0.2) is 9.78 Å². The second kappa shape index (κ2) is 11.8. The zero-order valence-electron chi connectivity index (χ0n) is 18.1. The third-order valence-corrected chi connectivity index (χ3v) is 6.00. The van der Waals surface area contributed by atoms with Crippen LogP contribution in [0.2, 0.25) is 0 Å². The second-order valence-electron chi connectivity index (χ2n) is 7.70. The van der Waals surface area contributed by atoms with Gasteiger partial charge in [-0.15, -0.1) is 11.8 Å². The Labute approximate surface area is 195 Å². The summed E-state index contributed by atoms with van der Waals surface area (Å²) in [6.07, 6.45) is 7.47. The highest BCUT2D eigenvalue weighted by Crippen LogP contribution is 2.22. The molecule has 1 aromatic rings. The summed E-state index contributed by atoms with van der Waals surface area (Å²) in [7, 11) is 0. The van der Waals surface area contributed by atoms with Crippen LogP contribution in [0.4, 0.5) is 0 Å². The molecule has 1 aromatic heterocycles. The number of amides is 2. The average Bonchev–Trinajstić information content (AvgIpc) is 3.23. The fourth-order valence-corrected chi connectivity index (χ4v) is 4.10. The third kappa shape index (κ3) is 7.58. The maximum Gasteiger partial charge on any atom is 0.329 e. The van der Waals surface area contributed by atoms with Gasteiger partial charge in [0.25, 0.3) is 11.8 Å². The van der Waals surface area contributed by atoms with E-state index in [0.717, 1.165) is 18.0 Å². The van der Waals surface area contributed by atoms with Gasteiger partial charge in [0, 0.05) is 25.1 Å². The number of oxazole rings is 1. The highest BCUT2D eigenvalue weighted by Gasteiger charge is 2.28. The van der Waals surface area contributed by atoms with E-state index in [9.17, 15) is 24.6 Å². The minimum absolute atomic E-state index is 0.00699. The molecule has 10 nitrogen and oxygen atoms in total. The third-order valence-electron chi connectivity index (χ3n) is 4.84. The Morgan fingerprint density at radius 1 is 1.18 bits per heavy atom. The first-order valence-electron chi connectivity index (χ1n) is 10.6. The number of carbonyl (C=O) groups excluding carboxylic acids is 3. The van der Waals surface area contributed by atoms with Gasteiger partial charge < -0.3 is 30.0 Å². The summed E-state index contributed by atoms with van der Waals surface area (Å²) in [5.41, 5.74) is -0.0589. The molecular weight excluding hydrogens is 450 g/mol. The number of aliphatic hydroxyl groups excluding tert-OH is 2. The number of esters is 1. The zero-order valence-corrected chi connectivity index (χ0v) is 18.9. The van der Waals surface area contributed by atoms with Gasteiger partial charge >= 0.3 is 5.97 Å². The molecule has 4 atom stereocenters. The van der Waals surface area contributed by atoms with E-state index in [1.807, 2.05) is 0 Å². The van der Waals surface area contributed by atoms with Crippen molar-refractivity contribution in [3.63, 3.8) is 0 Å². The molecule has 0 spiro atoms. The summed E-state index contributed by atoms with van der Waals surface area (Å²) < 4.78 is 10.7. The van der Waals surface area contributed by atoms with Gasteiger partial charge in [-0.3, -0.25) is 9.59 Å². The summed E-state index contributed by atoms with van der Waals surface area (Å²) in [6, 6.07) is -1.00. The number of aromatic nitrogens is 1. The number of hydrogen-bond donors (Lipinski definition) is 4. The Morgan fingerprint density at radius 3 is 2.82 bits per heavy atom. The topological polar surface area (TPSA) is 151 Å². The van der Waals surface area contributed by atoms with Crippen LogP contribution < -0.4 is 10.6 Å². The number of nitrogens with one attached hydrogen (secondary N) is 2. The van der Waals surface area contributed by atoms with Crippen molar-refractivity contribution in [2.75, 3.05) is 12.3 Å². The molecule has 3 rings (SSSR count). The molecule has 0 saturated heterocycles. The lowest BCUT2D eigenvalue weighted by Gasteiger charge is -2.18. The number of aliphatic hydroxyl groups is 2. The molecule has 0 radical (unpaired) electrons. The molecule has 0 fully saturated rings. The highest BCUT2D eigenvalue weighted by atomic mass is 32.2. The molecule has 11 heteroatoms. The van der Waals surface area contributed by atoms with Crippen LogP contribution in [0.1, 0.15) is 36.1 Å². The number of allylic oxidation sites excluding steroid dienone is 2. The number of rotatable bonds is 0. The van der Waals surface area contributed by atoms with Gasteiger partial charge in [-0.1, -0.05) is 30.4 Å². The molecule has 0 aliphatic carbocycles. The Bertz CT molecular complexity index is 956. The van der Waals surface area contributed by atoms with E-state index in [1.165, 1.54) is 6.08 Å². The molecule has 33 heavy (non-hydrogen) atoms. The molecule has 2 aliphatic heterocycles. The normalized spacial score (nSPS) is 31.5. The smallest absolute Gasteiger partial charge is 0.329 e. The van der Waals surface area contributed by atoms with Crippen molar-refractivity contribution in [2.45, 2.75) is 50.5 Å². The van der Waals surface area contributed by atoms with Crippen LogP contribution >= 0.6 is 11.8 Å². The van der Waals surface area contributed by atoms with Crippen LogP contribution in [-0.4, -0.2) is 69.6 Å². The number of hydrogen-bond acceptors (Lipinski definition) is 9. The van der Waals surface area contributed by atoms with Crippen molar-refractivity contribution in [3.8, 4) is 0 Å². The largest absolute Gasteiger partial charge is 0.461 e. The van der Waals surface area contributed by atoms with Crippen molar-refractivity contribution in [1.29, 1.82) is 0 Å². The van der Waals surface area contributed by atoms with Crippen LogP contribution in [0.25, 0.3) is 0 Å². The van der Waals surface area contributed by atoms with Gasteiger partial charge in [0.1, 0.15) is 18.4 Å². The van der Waals surface area contributed by atoms with Gasteiger partial charge in [0.2, 0.25) is 0 Å². The number of thioether (sulfide) groups is 1. The maximum atomic E-state index is 12.6. The van der Waals surface area contributed by atoms with E-state index in [1.54, 1.807) is 31.2 Å². The minimum atomic E-state index is -1.00. The molecule has 0 saturated carbocycles. The van der Waals surface area contributed by atoms with Gasteiger partial charge in [-0.2, -0.15) is 0 Å². The van der Waals surface area contributed by atoms with E-state index in [0.29, 0.717) is 11.3 Å². The molecular formula is C22H27N3O7S. The van der Waals surface area contributed by atoms with Crippen molar-refractivity contribution in [3.05, 3.63) is 53.1 Å². The first-order chi connectivity index (χ1) is 15.8. The van der Waals surface area contributed by atoms with Crippen molar-refractivity contribution < 1.29 is 33.8 Å². The summed E-state index contributed by atoms with van der Waals surface area (Å²) in [5.74, 6) is -1.34. The summed E-state index contributed by atoms with van der Waals surface area (Å²) in [5, 5.41) is 25.6. The predicted octanol–water partition coefficient (Wildman–Crippen LogP) is 0.622. The Kier molecular flexibility index (Phi) is 8.87. The molecule has 4 N–H and O–H groups in total. The molecule has 0 aromatic carbocycles. The van der Waals surface area contributed by atoms with E-state index in [4.69, 9.17) is 9.15 Å². The number of ether oxygens (including phenoxy) is 1. The van der Waals surface area contributed by atoms with Gasteiger partial charge in [-0.05, 0) is 6.92 Å². The van der Waals surface area contributed by atoms with Crippen LogP contribution in [0.5, 0.6) is 0 Å². The second-order valence-corrected chi connectivity index (χ2v) is 8.76. The maximum absolute atomic E-state index is 12.6. The molecule has 2 aliphatic rings. The van der Waals surface area contributed by atoms with Gasteiger partial charge in [0.05, 0.1) is 23.5 Å². The Balaban J connectivity index is 1.84. The lowest BCUT2D eigenvalue weighted by Crippen LogP contribution is -2.44. The van der Waals surface area contributed by atoms with E-state index < -0.39 is 36.2 Å². The summed E-state index contributed by atoms with van der Waals surface area (Å²) in [4.78, 5) is 42.3. The van der Waals surface area contributed by atoms with Crippen molar-refractivity contribution in [2.24, 2.45) is 0 Å². The van der Waals surface area contributed by atoms with Crippen molar-refractivity contribution in [1.82, 2.24) is 15.6 Å². The number of nitrogens with zero attached hydrogens (tertiary/aromatic N) is 1. The summed E-state index contributed by atoms with van der Waals surface area (Å²) >= 11 is 1.15. The first-order valence-corrected chi connectivity index (χ1v) is 11.6. The standard InChI is InChI=1S/C22H27N3O7S/c1-13-6-7-18-21(29)23-8-4-2-3-5-14(26)9-15(27)10-19-24-16(11-31-19)20(28)25-17(12-33-18)22(30)32-13/h2-5,7,11,13-15,17,26-27H,6,8-10,12H2,1H3,(H,23,29)(H,25,28)/b4-2+,5-3+,18-7-/t13-,14+,15-,17+/m1/s1. The lowest BCUT2D eigenvalue weighted by molar-refractivity contribution is -0.149. The van der Waals surface area contributed by atoms with Crippen LogP contribution in [-0.2, 0) is 20.7 Å². The molecule has 0 unspecified atom stereocenters. The Morgan fingerprint density at radius 2 is 2.00 bits per heavy atom. The first kappa shape index (κ1) is 24.7. The molecule has 2 amide bonds. The quantitative estimate of drug-likeness (QED) is 0.394. The average molecular weight is 478 g/mol. The molecule has 4 bridgehead atoms. The molecule has 3 heterocycles. The van der Waals surface area contributed by atoms with Crippen LogP contribution in [0.3, 0.4) is 0 Å². The monoisotopic (exact) mass is 477 g/mol. The van der Waals surface area contributed by atoms with Gasteiger partial charge in [0.15, 0.2) is 11.6 Å². The number of fused-ring (bicyclic) bond motifs is 5. The SMILES string of the molecule is C[C@@H]1C/C=C2\SC[C@H](NC(=O)c3coc(n3)C[C@H](O)C[C@@H](O)/C=C/C=C/CNC2=O)C(=O)O1. The fourth-order valence-electron chi connectivity index (χ4n) is 3.12. The fraction of sp³-hybridized carbons (Fsp3) is 0.455. The van der Waals surface area contributed by atoms with Crippen LogP contribution in [0, 0.1) is 0 Å². The zero-order chi connectivity index (χ0) is 23.8. The number of cyclic esters (lactones) is 1. The molecule has 178 valence electrons. The Hall–Kier alpha value is -2.89. The van der Waals surface area contributed by atoms with E-state index >= 15 is 0 Å². The number of carbonyl (C=O) groups is 3. The van der Waals surface area contributed by atoms with E-state index in [-0.39, 0.29) is 42.6 Å². The predicted molar refractivity (Wildman–Crippen MR) is 120 cm³/mol. The van der Waals surface area contributed by atoms with Crippen LogP contribution in [0.15, 0.2) is 46.0 Å². The summed E-state index contributed by atoms with van der Waals surface area (Å²) in [6.45, 7) is 1.97. The van der Waals surface area contributed by atoms with E-state index in [2.05, 4.69) is 15.6 Å².